The summed E-state index contributed by atoms with van der Waals surface area (Å²) in [5.74, 6) is 1.42. The van der Waals surface area contributed by atoms with Crippen LogP contribution >= 0.6 is 0 Å². The Morgan fingerprint density at radius 2 is 1.86 bits per heavy atom. The number of nitrogens with one attached hydrogen (secondary N) is 1. The summed E-state index contributed by atoms with van der Waals surface area (Å²) in [5.41, 5.74) is 3.57. The summed E-state index contributed by atoms with van der Waals surface area (Å²) in [6.45, 7) is 10.5. The Morgan fingerprint density at radius 1 is 1.11 bits per heavy atom. The van der Waals surface area contributed by atoms with E-state index in [1.165, 1.54) is 34.7 Å². The number of aromatic nitrogens is 6. The number of nitrogens with zero attached hydrogens (tertiary/aromatic N) is 7. The van der Waals surface area contributed by atoms with Gasteiger partial charge in [0.15, 0.2) is 11.5 Å². The van der Waals surface area contributed by atoms with Crippen LogP contribution in [-0.4, -0.2) is 54.1 Å². The first kappa shape index (κ1) is 24.9. The Morgan fingerprint density at radius 3 is 2.54 bits per heavy atom. The molecule has 0 bridgehead atoms. The largest absolute Gasteiger partial charge is 0.324 e. The molecule has 4 aromatic rings. The maximum atomic E-state index is 13.1. The molecule has 0 aliphatic carbocycles. The highest BCUT2D eigenvalue weighted by Crippen LogP contribution is 2.31. The summed E-state index contributed by atoms with van der Waals surface area (Å²) in [4.78, 5) is 36.9. The third-order valence-corrected chi connectivity index (χ3v) is 7.18. The first-order chi connectivity index (χ1) is 17.8. The third-order valence-electron chi connectivity index (χ3n) is 7.18. The first-order valence-electron chi connectivity index (χ1n) is 12.9. The van der Waals surface area contributed by atoms with E-state index in [-0.39, 0.29) is 17.2 Å². The fourth-order valence-electron chi connectivity index (χ4n) is 5.17. The number of likely N-dealkylation sites (tertiary alicyclic amines) is 1. The van der Waals surface area contributed by atoms with Crippen LogP contribution in [0, 0.1) is 6.92 Å². The molecule has 1 N–H and O–H groups in total. The van der Waals surface area contributed by atoms with Gasteiger partial charge in [0, 0.05) is 24.5 Å². The lowest BCUT2D eigenvalue weighted by atomic mass is 9.87. The fraction of sp³-hybridized carbons (Fsp3) is 0.444. The topological polar surface area (TPSA) is 103 Å². The Balaban J connectivity index is 1.51. The van der Waals surface area contributed by atoms with Crippen molar-refractivity contribution in [2.75, 3.05) is 25.5 Å². The van der Waals surface area contributed by atoms with E-state index in [1.54, 1.807) is 21.6 Å². The summed E-state index contributed by atoms with van der Waals surface area (Å²) >= 11 is 0. The van der Waals surface area contributed by atoms with Crippen molar-refractivity contribution in [2.24, 2.45) is 0 Å². The summed E-state index contributed by atoms with van der Waals surface area (Å²) in [6, 6.07) is 9.36. The van der Waals surface area contributed by atoms with Gasteiger partial charge in [-0.2, -0.15) is 4.98 Å². The molecule has 194 valence electrons. The maximum absolute atomic E-state index is 13.1. The molecule has 1 saturated heterocycles. The number of rotatable bonds is 6. The molecular formula is C27H34N8O2. The zero-order valence-corrected chi connectivity index (χ0v) is 22.1. The summed E-state index contributed by atoms with van der Waals surface area (Å²) < 4.78 is 4.62. The Kier molecular flexibility index (Phi) is 6.68. The molecule has 10 heteroatoms. The molecule has 1 aliphatic rings. The summed E-state index contributed by atoms with van der Waals surface area (Å²) in [6.07, 6.45) is 3.90. The van der Waals surface area contributed by atoms with Crippen LogP contribution in [-0.2, 0) is 6.54 Å². The predicted octanol–water partition coefficient (Wildman–Crippen LogP) is 3.60. The van der Waals surface area contributed by atoms with E-state index in [0.717, 1.165) is 18.8 Å². The molecule has 5 rings (SSSR count). The molecule has 0 saturated carbocycles. The van der Waals surface area contributed by atoms with Crippen LogP contribution in [0.4, 0.5) is 11.6 Å². The minimum Gasteiger partial charge on any atom is -0.324 e. The number of fused-ring (bicyclic) bond motifs is 1. The number of piperidine rings is 1. The minimum atomic E-state index is -0.202. The van der Waals surface area contributed by atoms with Crippen molar-refractivity contribution in [3.8, 4) is 5.82 Å². The fourth-order valence-corrected chi connectivity index (χ4v) is 5.17. The molecule has 10 nitrogen and oxygen atoms in total. The third kappa shape index (κ3) is 4.69. The zero-order chi connectivity index (χ0) is 26.3. The highest BCUT2D eigenvalue weighted by molar-refractivity contribution is 5.77. The number of benzene rings is 1. The first-order valence-corrected chi connectivity index (χ1v) is 12.9. The summed E-state index contributed by atoms with van der Waals surface area (Å²) in [7, 11) is 2.18. The van der Waals surface area contributed by atoms with Gasteiger partial charge in [-0.15, -0.1) is 5.10 Å². The molecule has 0 atom stereocenters. The SMILES string of the molecule is CCn1c(=O)c2cnc(Nc3ccc(C4CCN(C)CC4)c(C)c3)nc2n1-c1ccc(=O)n(C(C)C)n1. The standard InChI is InChI=1S/C27H34N8O2/c1-6-33-26(37)22-16-28-27(30-25(22)35(33)23-9-10-24(36)34(31-23)17(2)3)29-20-7-8-21(18(4)15-20)19-11-13-32(5)14-12-19/h7-10,15-17,19H,6,11-14H2,1-5H3,(H,28,29,30). The predicted molar refractivity (Wildman–Crippen MR) is 145 cm³/mol. The van der Waals surface area contributed by atoms with Gasteiger partial charge < -0.3 is 10.2 Å². The molecule has 3 aromatic heterocycles. The van der Waals surface area contributed by atoms with Gasteiger partial charge >= 0.3 is 0 Å². The van der Waals surface area contributed by atoms with E-state index in [9.17, 15) is 9.59 Å². The van der Waals surface area contributed by atoms with Gasteiger partial charge in [-0.25, -0.2) is 19.0 Å². The Hall–Kier alpha value is -3.79. The second-order valence-corrected chi connectivity index (χ2v) is 10.1. The number of hydrogen-bond donors (Lipinski definition) is 1. The van der Waals surface area contributed by atoms with Crippen LogP contribution in [0.3, 0.4) is 0 Å². The molecule has 0 spiro atoms. The van der Waals surface area contributed by atoms with Crippen molar-refractivity contribution < 1.29 is 0 Å². The van der Waals surface area contributed by atoms with Crippen LogP contribution in [0.5, 0.6) is 0 Å². The molecule has 4 heterocycles. The molecule has 0 amide bonds. The van der Waals surface area contributed by atoms with Gasteiger partial charge in [0.2, 0.25) is 5.95 Å². The number of hydrogen-bond acceptors (Lipinski definition) is 7. The average molecular weight is 503 g/mol. The zero-order valence-electron chi connectivity index (χ0n) is 22.1. The van der Waals surface area contributed by atoms with Crippen molar-refractivity contribution in [1.29, 1.82) is 0 Å². The van der Waals surface area contributed by atoms with E-state index < -0.39 is 0 Å². The van der Waals surface area contributed by atoms with E-state index in [1.807, 2.05) is 20.8 Å². The van der Waals surface area contributed by atoms with E-state index in [4.69, 9.17) is 4.98 Å². The normalized spacial score (nSPS) is 15.1. The number of aryl methyl sites for hydroxylation is 1. The lowest BCUT2D eigenvalue weighted by molar-refractivity contribution is 0.255. The van der Waals surface area contributed by atoms with Gasteiger partial charge in [0.25, 0.3) is 11.1 Å². The van der Waals surface area contributed by atoms with E-state index >= 15 is 0 Å². The lowest BCUT2D eigenvalue weighted by Crippen LogP contribution is -2.29. The molecular weight excluding hydrogens is 468 g/mol. The molecule has 1 aromatic carbocycles. The molecule has 0 radical (unpaired) electrons. The quantitative estimate of drug-likeness (QED) is 0.430. The maximum Gasteiger partial charge on any atom is 0.278 e. The lowest BCUT2D eigenvalue weighted by Gasteiger charge is -2.30. The van der Waals surface area contributed by atoms with Crippen LogP contribution < -0.4 is 16.4 Å². The molecule has 37 heavy (non-hydrogen) atoms. The van der Waals surface area contributed by atoms with Crippen LogP contribution in [0.2, 0.25) is 0 Å². The van der Waals surface area contributed by atoms with Crippen molar-refractivity contribution >= 4 is 22.7 Å². The van der Waals surface area contributed by atoms with Gasteiger partial charge in [0.05, 0.1) is 6.04 Å². The van der Waals surface area contributed by atoms with Crippen molar-refractivity contribution in [3.63, 3.8) is 0 Å². The Labute approximate surface area is 215 Å². The molecule has 1 aliphatic heterocycles. The monoisotopic (exact) mass is 502 g/mol. The van der Waals surface area contributed by atoms with Gasteiger partial charge in [-0.1, -0.05) is 6.07 Å². The molecule has 0 unspecified atom stereocenters. The van der Waals surface area contributed by atoms with Crippen molar-refractivity contribution in [1.82, 2.24) is 34.0 Å². The van der Waals surface area contributed by atoms with Crippen LogP contribution in [0.1, 0.15) is 56.7 Å². The average Bonchev–Trinajstić information content (AvgIpc) is 3.16. The smallest absolute Gasteiger partial charge is 0.278 e. The van der Waals surface area contributed by atoms with Crippen molar-refractivity contribution in [2.45, 2.75) is 59.0 Å². The van der Waals surface area contributed by atoms with E-state index in [2.05, 4.69) is 52.5 Å². The highest BCUT2D eigenvalue weighted by atomic mass is 16.1. The van der Waals surface area contributed by atoms with Crippen LogP contribution in [0.15, 0.2) is 46.1 Å². The number of anilines is 2. The Bertz CT molecular complexity index is 1560. The highest BCUT2D eigenvalue weighted by Gasteiger charge is 2.21. The van der Waals surface area contributed by atoms with Gasteiger partial charge in [-0.05, 0) is 95.9 Å². The van der Waals surface area contributed by atoms with Crippen LogP contribution in [0.25, 0.3) is 16.9 Å². The molecule has 1 fully saturated rings. The van der Waals surface area contributed by atoms with E-state index in [0.29, 0.717) is 35.3 Å². The second-order valence-electron chi connectivity index (χ2n) is 10.1. The van der Waals surface area contributed by atoms with Crippen molar-refractivity contribution in [3.05, 3.63) is 68.4 Å². The second kappa shape index (κ2) is 9.93. The summed E-state index contributed by atoms with van der Waals surface area (Å²) in [5, 5.41) is 8.22. The van der Waals surface area contributed by atoms with Gasteiger partial charge in [0.1, 0.15) is 5.39 Å². The van der Waals surface area contributed by atoms with Gasteiger partial charge in [-0.3, -0.25) is 9.59 Å². The minimum absolute atomic E-state index is 0.122.